The van der Waals surface area contributed by atoms with Gasteiger partial charge in [-0.05, 0) is 50.9 Å². The first kappa shape index (κ1) is 50.4. The molecule has 55 heavy (non-hydrogen) atoms. The van der Waals surface area contributed by atoms with Crippen LogP contribution in [0.25, 0.3) is 0 Å². The first-order chi connectivity index (χ1) is 25.5. The number of nitrogens with two attached hydrogens (primary N) is 3. The Labute approximate surface area is 321 Å². The van der Waals surface area contributed by atoms with E-state index in [1.165, 1.54) is 6.92 Å². The summed E-state index contributed by atoms with van der Waals surface area (Å²) in [5.41, 5.74) is 16.8. The zero-order chi connectivity index (χ0) is 42.7. The molecule has 21 nitrogen and oxygen atoms in total. The first-order valence-corrected chi connectivity index (χ1v) is 18.3. The SMILES string of the molecule is CC[C@H](C)[C@H](NC(=O)[C@@H](N)C(C)C)C(=O)N[C@H](C(=O)N[C@@H](CCCN=C(N)N)C(=O)N[C@@H](CC(C)C)C(=O)N[C@H](C(=O)N[C@@H](CO)C(=O)O)[C@@H](C)O)[C@@H](C)O. The Bertz CT molecular complexity index is 1320. The second-order valence-electron chi connectivity index (χ2n) is 14.4. The molecule has 0 aromatic heterocycles. The second kappa shape index (κ2) is 24.7. The molecule has 0 fully saturated rings. The average Bonchev–Trinajstić information content (AvgIpc) is 3.09. The van der Waals surface area contributed by atoms with Gasteiger partial charge in [-0.15, -0.1) is 0 Å². The summed E-state index contributed by atoms with van der Waals surface area (Å²) in [4.78, 5) is 95.1. The number of carboxylic acids is 1. The predicted molar refractivity (Wildman–Crippen MR) is 201 cm³/mol. The lowest BCUT2D eigenvalue weighted by Crippen LogP contribution is -2.62. The number of amides is 6. The van der Waals surface area contributed by atoms with Gasteiger partial charge in [-0.3, -0.25) is 33.8 Å². The number of nitrogens with one attached hydrogen (secondary N) is 6. The molecule has 0 spiro atoms. The number of aliphatic hydroxyl groups is 3. The third kappa shape index (κ3) is 18.1. The zero-order valence-electron chi connectivity index (χ0n) is 33.0. The van der Waals surface area contributed by atoms with Crippen molar-refractivity contribution in [3.8, 4) is 0 Å². The van der Waals surface area contributed by atoms with Gasteiger partial charge in [0.15, 0.2) is 5.96 Å². The smallest absolute Gasteiger partial charge is 0.328 e. The summed E-state index contributed by atoms with van der Waals surface area (Å²) in [6.45, 7) is 11.9. The van der Waals surface area contributed by atoms with Crippen LogP contribution in [0.15, 0.2) is 4.99 Å². The molecule has 0 aliphatic rings. The number of carbonyl (C=O) groups is 7. The van der Waals surface area contributed by atoms with Crippen LogP contribution in [0.2, 0.25) is 0 Å². The van der Waals surface area contributed by atoms with Crippen molar-refractivity contribution in [1.29, 1.82) is 0 Å². The number of hydrogen-bond acceptors (Lipinski definition) is 12. The quantitative estimate of drug-likeness (QED) is 0.0237. The van der Waals surface area contributed by atoms with Gasteiger partial charge in [0.05, 0.1) is 24.9 Å². The Balaban J connectivity index is 6.42. The Morgan fingerprint density at radius 2 is 1.07 bits per heavy atom. The van der Waals surface area contributed by atoms with Crippen LogP contribution in [0.5, 0.6) is 0 Å². The van der Waals surface area contributed by atoms with Crippen molar-refractivity contribution in [3.63, 3.8) is 0 Å². The van der Waals surface area contributed by atoms with Crippen LogP contribution in [-0.4, -0.2) is 135 Å². The Hall–Kier alpha value is -4.60. The molecule has 0 aliphatic heterocycles. The Morgan fingerprint density at radius 3 is 1.49 bits per heavy atom. The van der Waals surface area contributed by atoms with Crippen LogP contribution in [0.3, 0.4) is 0 Å². The summed E-state index contributed by atoms with van der Waals surface area (Å²) in [5, 5.41) is 53.8. The molecule has 0 radical (unpaired) electrons. The van der Waals surface area contributed by atoms with E-state index in [1.54, 1.807) is 41.5 Å². The van der Waals surface area contributed by atoms with Crippen LogP contribution in [0.4, 0.5) is 0 Å². The van der Waals surface area contributed by atoms with Crippen LogP contribution in [0.1, 0.15) is 81.1 Å². The van der Waals surface area contributed by atoms with Gasteiger partial charge in [0.1, 0.15) is 36.3 Å². The maximum atomic E-state index is 13.8. The van der Waals surface area contributed by atoms with Crippen molar-refractivity contribution < 1.29 is 54.0 Å². The molecule has 21 heteroatoms. The van der Waals surface area contributed by atoms with Crippen molar-refractivity contribution in [2.75, 3.05) is 13.2 Å². The van der Waals surface area contributed by atoms with E-state index < -0.39 is 108 Å². The minimum absolute atomic E-state index is 0.00429. The number of carboxylic acid groups (broad SMARTS) is 1. The van der Waals surface area contributed by atoms with Crippen molar-refractivity contribution in [2.24, 2.45) is 39.9 Å². The van der Waals surface area contributed by atoms with Crippen molar-refractivity contribution in [2.45, 2.75) is 136 Å². The maximum absolute atomic E-state index is 13.8. The lowest BCUT2D eigenvalue weighted by Gasteiger charge is -2.30. The van der Waals surface area contributed by atoms with Crippen molar-refractivity contribution >= 4 is 47.4 Å². The zero-order valence-corrected chi connectivity index (χ0v) is 33.0. The summed E-state index contributed by atoms with van der Waals surface area (Å²) < 4.78 is 0. The third-order valence-electron chi connectivity index (χ3n) is 8.65. The number of rotatable bonds is 25. The van der Waals surface area contributed by atoms with Crippen LogP contribution in [-0.2, 0) is 33.6 Å². The standard InChI is InChI=1S/C34H64N10O11/c1-9-17(6)24(42-29(50)23(35)16(4)5)30(51)44-26(19(8)47)31(52)39-20(11-10-12-38-34(36)37)27(48)40-21(13-15(2)3)28(49)43-25(18(7)46)32(53)41-22(14-45)33(54)55/h15-26,45-47H,9-14,35H2,1-8H3,(H,39,52)(H,40,48)(H,41,53)(H,42,50)(H,43,49)(H,44,51)(H,54,55)(H4,36,37,38)/t17-,18+,19+,20-,21-,22-,23-,24-,25-,26-/m0/s1. The van der Waals surface area contributed by atoms with E-state index in [9.17, 15) is 54.0 Å². The summed E-state index contributed by atoms with van der Waals surface area (Å²) >= 11 is 0. The van der Waals surface area contributed by atoms with Gasteiger partial charge in [0, 0.05) is 6.54 Å². The highest BCUT2D eigenvalue weighted by molar-refractivity contribution is 5.97. The highest BCUT2D eigenvalue weighted by Crippen LogP contribution is 2.12. The number of aliphatic hydroxyl groups excluding tert-OH is 3. The molecule has 10 atom stereocenters. The van der Waals surface area contributed by atoms with E-state index in [0.29, 0.717) is 6.42 Å². The maximum Gasteiger partial charge on any atom is 0.328 e. The number of aliphatic imine (C=N–C) groups is 1. The number of nitrogens with zero attached hydrogens (tertiary/aromatic N) is 1. The lowest BCUT2D eigenvalue weighted by atomic mass is 9.96. The number of guanidine groups is 1. The number of carbonyl (C=O) groups excluding carboxylic acids is 6. The molecule has 0 aliphatic carbocycles. The van der Waals surface area contributed by atoms with Gasteiger partial charge < -0.3 is 69.5 Å². The van der Waals surface area contributed by atoms with E-state index in [0.717, 1.165) is 6.92 Å². The van der Waals surface area contributed by atoms with Crippen molar-refractivity contribution in [1.82, 2.24) is 31.9 Å². The highest BCUT2D eigenvalue weighted by Gasteiger charge is 2.37. The monoisotopic (exact) mass is 788 g/mol. The fraction of sp³-hybridized carbons (Fsp3) is 0.765. The van der Waals surface area contributed by atoms with E-state index in [-0.39, 0.29) is 43.6 Å². The molecule has 0 heterocycles. The van der Waals surface area contributed by atoms with Gasteiger partial charge in [-0.1, -0.05) is 48.0 Å². The number of aliphatic carboxylic acids is 1. The molecule has 0 saturated carbocycles. The molecule has 316 valence electrons. The molecule has 6 amide bonds. The highest BCUT2D eigenvalue weighted by atomic mass is 16.4. The fourth-order valence-corrected chi connectivity index (χ4v) is 5.02. The van der Waals surface area contributed by atoms with Gasteiger partial charge in [0.25, 0.3) is 0 Å². The summed E-state index contributed by atoms with van der Waals surface area (Å²) in [6, 6.07) is -9.82. The summed E-state index contributed by atoms with van der Waals surface area (Å²) in [6.07, 6.45) is -2.53. The fourth-order valence-electron chi connectivity index (χ4n) is 5.02. The Kier molecular flexibility index (Phi) is 22.7. The van der Waals surface area contributed by atoms with Crippen LogP contribution in [0, 0.1) is 17.8 Å². The minimum atomic E-state index is -1.72. The molecule has 16 N–H and O–H groups in total. The number of hydrogen-bond donors (Lipinski definition) is 13. The van der Waals surface area contributed by atoms with E-state index in [1.807, 2.05) is 5.32 Å². The van der Waals surface area contributed by atoms with Crippen LogP contribution < -0.4 is 49.1 Å². The molecule has 0 aromatic rings. The minimum Gasteiger partial charge on any atom is -0.480 e. The van der Waals surface area contributed by atoms with Crippen molar-refractivity contribution in [3.05, 3.63) is 0 Å². The molecule has 0 rings (SSSR count). The summed E-state index contributed by atoms with van der Waals surface area (Å²) in [7, 11) is 0. The second-order valence-corrected chi connectivity index (χ2v) is 14.4. The predicted octanol–water partition coefficient (Wildman–Crippen LogP) is -4.14. The molecule has 0 unspecified atom stereocenters. The lowest BCUT2D eigenvalue weighted by molar-refractivity contribution is -0.144. The van der Waals surface area contributed by atoms with Gasteiger partial charge in [0.2, 0.25) is 35.4 Å². The third-order valence-corrected chi connectivity index (χ3v) is 8.65. The van der Waals surface area contributed by atoms with Gasteiger partial charge in [-0.25, -0.2) is 4.79 Å². The van der Waals surface area contributed by atoms with Gasteiger partial charge in [-0.2, -0.15) is 0 Å². The normalized spacial score (nSPS) is 16.8. The topological polar surface area (TPSA) is 363 Å². The molecular weight excluding hydrogens is 724 g/mol. The van der Waals surface area contributed by atoms with Crippen LogP contribution >= 0.6 is 0 Å². The largest absolute Gasteiger partial charge is 0.480 e. The average molecular weight is 789 g/mol. The Morgan fingerprint density at radius 1 is 0.636 bits per heavy atom. The van der Waals surface area contributed by atoms with Gasteiger partial charge >= 0.3 is 5.97 Å². The van der Waals surface area contributed by atoms with E-state index >= 15 is 0 Å². The van der Waals surface area contributed by atoms with E-state index in [2.05, 4.69) is 31.6 Å². The molecule has 0 aromatic carbocycles. The first-order valence-electron chi connectivity index (χ1n) is 18.3. The molecular formula is C34H64N10O11. The summed E-state index contributed by atoms with van der Waals surface area (Å²) in [5.74, 6) is -7.94. The molecule has 0 saturated heterocycles. The molecule has 0 bridgehead atoms. The van der Waals surface area contributed by atoms with E-state index in [4.69, 9.17) is 17.2 Å².